The number of sulfonamides is 1. The third kappa shape index (κ3) is 2.04. The van der Waals surface area contributed by atoms with E-state index in [9.17, 15) is 8.42 Å². The van der Waals surface area contributed by atoms with Gasteiger partial charge in [0.15, 0.2) is 0 Å². The quantitative estimate of drug-likeness (QED) is 0.883. The molecular weight excluding hydrogens is 264 g/mol. The zero-order valence-corrected chi connectivity index (χ0v) is 11.3. The average Bonchev–Trinajstić information content (AvgIpc) is 2.85. The first-order chi connectivity index (χ1) is 9.09. The molecule has 0 saturated carbocycles. The fourth-order valence-electron chi connectivity index (χ4n) is 2.28. The van der Waals surface area contributed by atoms with Crippen LogP contribution in [-0.2, 0) is 23.0 Å². The van der Waals surface area contributed by atoms with E-state index in [1.807, 2.05) is 12.1 Å². The molecule has 0 fully saturated rings. The maximum Gasteiger partial charge on any atom is 0.246 e. The van der Waals surface area contributed by atoms with Crippen LogP contribution in [0.4, 0.5) is 0 Å². The van der Waals surface area contributed by atoms with E-state index in [-0.39, 0.29) is 4.90 Å². The van der Waals surface area contributed by atoms with Gasteiger partial charge in [-0.3, -0.25) is 10.1 Å². The smallest absolute Gasteiger partial charge is 0.246 e. The van der Waals surface area contributed by atoms with E-state index in [4.69, 9.17) is 0 Å². The Bertz CT molecular complexity index is 708. The summed E-state index contributed by atoms with van der Waals surface area (Å²) in [7, 11) is -3.48. The van der Waals surface area contributed by atoms with Gasteiger partial charge in [0.1, 0.15) is 4.90 Å². The van der Waals surface area contributed by atoms with Gasteiger partial charge >= 0.3 is 0 Å². The van der Waals surface area contributed by atoms with E-state index in [1.54, 1.807) is 13.1 Å². The molecule has 0 spiro atoms. The Balaban J connectivity index is 1.95. The Morgan fingerprint density at radius 1 is 1.42 bits per heavy atom. The van der Waals surface area contributed by atoms with Crippen molar-refractivity contribution in [2.75, 3.05) is 6.54 Å². The highest BCUT2D eigenvalue weighted by Gasteiger charge is 2.30. The minimum Gasteiger partial charge on any atom is -0.281 e. The summed E-state index contributed by atoms with van der Waals surface area (Å²) >= 11 is 0. The van der Waals surface area contributed by atoms with Crippen LogP contribution in [0, 0.1) is 6.92 Å². The highest BCUT2D eigenvalue weighted by molar-refractivity contribution is 7.89. The molecule has 7 heteroatoms. The number of H-pyrrole nitrogens is 1. The van der Waals surface area contributed by atoms with E-state index in [2.05, 4.69) is 15.2 Å². The maximum atomic E-state index is 12.5. The van der Waals surface area contributed by atoms with E-state index in [1.165, 1.54) is 10.5 Å². The fraction of sp³-hybridized carbons (Fsp3) is 0.333. The Morgan fingerprint density at radius 2 is 2.26 bits per heavy atom. The number of hydrogen-bond acceptors (Lipinski definition) is 4. The molecule has 0 bridgehead atoms. The van der Waals surface area contributed by atoms with E-state index >= 15 is 0 Å². The highest BCUT2D eigenvalue weighted by Crippen LogP contribution is 2.24. The molecule has 100 valence electrons. The van der Waals surface area contributed by atoms with Crippen LogP contribution in [0.2, 0.25) is 0 Å². The van der Waals surface area contributed by atoms with Crippen LogP contribution in [0.3, 0.4) is 0 Å². The van der Waals surface area contributed by atoms with Crippen molar-refractivity contribution in [3.05, 3.63) is 41.5 Å². The van der Waals surface area contributed by atoms with Crippen LogP contribution in [0.15, 0.2) is 29.4 Å². The minimum absolute atomic E-state index is 0.250. The van der Waals surface area contributed by atoms with E-state index < -0.39 is 10.0 Å². The Kier molecular flexibility index (Phi) is 2.87. The van der Waals surface area contributed by atoms with Gasteiger partial charge < -0.3 is 0 Å². The molecule has 19 heavy (non-hydrogen) atoms. The van der Waals surface area contributed by atoms with Crippen LogP contribution >= 0.6 is 0 Å². The Labute approximate surface area is 111 Å². The predicted octanol–water partition coefficient (Wildman–Crippen LogP) is 0.860. The van der Waals surface area contributed by atoms with Gasteiger partial charge in [-0.25, -0.2) is 8.42 Å². The van der Waals surface area contributed by atoms with Gasteiger partial charge in [0.25, 0.3) is 0 Å². The Hall–Kier alpha value is -1.73. The van der Waals surface area contributed by atoms with Gasteiger partial charge in [0.05, 0.1) is 11.9 Å². The maximum absolute atomic E-state index is 12.5. The van der Waals surface area contributed by atoms with Gasteiger partial charge in [-0.1, -0.05) is 6.07 Å². The number of nitrogens with one attached hydrogen (secondary N) is 1. The largest absolute Gasteiger partial charge is 0.281 e. The van der Waals surface area contributed by atoms with Crippen LogP contribution < -0.4 is 0 Å². The molecule has 0 aromatic carbocycles. The van der Waals surface area contributed by atoms with Crippen molar-refractivity contribution in [2.24, 2.45) is 0 Å². The van der Waals surface area contributed by atoms with Gasteiger partial charge in [-0.05, 0) is 18.6 Å². The van der Waals surface area contributed by atoms with E-state index in [0.29, 0.717) is 25.2 Å². The van der Waals surface area contributed by atoms with Crippen molar-refractivity contribution < 1.29 is 8.42 Å². The standard InChI is InChI=1S/C12H14N4O2S/c1-9-12(7-14-15-9)19(17,18)16-6-4-11-10(8-16)3-2-5-13-11/h2-3,5,7H,4,6,8H2,1H3,(H,14,15). The van der Waals surface area contributed by atoms with Crippen LogP contribution in [0.1, 0.15) is 17.0 Å². The minimum atomic E-state index is -3.48. The SMILES string of the molecule is Cc1[nH]ncc1S(=O)(=O)N1CCc2ncccc2C1. The first-order valence-electron chi connectivity index (χ1n) is 6.02. The molecule has 1 N–H and O–H groups in total. The van der Waals surface area contributed by atoms with Crippen molar-refractivity contribution in [3.8, 4) is 0 Å². The molecule has 6 nitrogen and oxygen atoms in total. The third-order valence-corrected chi connectivity index (χ3v) is 5.29. The van der Waals surface area contributed by atoms with Crippen molar-refractivity contribution in [1.82, 2.24) is 19.5 Å². The molecule has 0 aliphatic carbocycles. The summed E-state index contributed by atoms with van der Waals surface area (Å²) in [5, 5.41) is 6.45. The number of aryl methyl sites for hydroxylation is 1. The van der Waals surface area contributed by atoms with Crippen LogP contribution in [-0.4, -0.2) is 34.4 Å². The molecule has 3 heterocycles. The molecule has 1 aliphatic rings. The summed E-state index contributed by atoms with van der Waals surface area (Å²) in [5.41, 5.74) is 2.52. The van der Waals surface area contributed by atoms with Crippen LogP contribution in [0.25, 0.3) is 0 Å². The fourth-order valence-corrected chi connectivity index (χ4v) is 3.82. The van der Waals surface area contributed by atoms with Crippen molar-refractivity contribution in [3.63, 3.8) is 0 Å². The summed E-state index contributed by atoms with van der Waals surface area (Å²) in [6.45, 7) is 2.53. The van der Waals surface area contributed by atoms with Gasteiger partial charge in [-0.2, -0.15) is 9.40 Å². The molecule has 2 aromatic rings. The van der Waals surface area contributed by atoms with Crippen LogP contribution in [0.5, 0.6) is 0 Å². The number of hydrogen-bond donors (Lipinski definition) is 1. The third-order valence-electron chi connectivity index (χ3n) is 3.33. The molecule has 0 unspecified atom stereocenters. The lowest BCUT2D eigenvalue weighted by Gasteiger charge is -2.27. The molecule has 0 atom stereocenters. The predicted molar refractivity (Wildman–Crippen MR) is 68.9 cm³/mol. The molecule has 0 saturated heterocycles. The summed E-state index contributed by atoms with van der Waals surface area (Å²) in [6, 6.07) is 3.75. The summed E-state index contributed by atoms with van der Waals surface area (Å²) in [5.74, 6) is 0. The summed E-state index contributed by atoms with van der Waals surface area (Å²) in [4.78, 5) is 4.53. The second-order valence-electron chi connectivity index (χ2n) is 4.56. The normalized spacial score (nSPS) is 16.3. The first kappa shape index (κ1) is 12.3. The van der Waals surface area contributed by atoms with Crippen molar-refractivity contribution >= 4 is 10.0 Å². The lowest BCUT2D eigenvalue weighted by atomic mass is 10.1. The van der Waals surface area contributed by atoms with Crippen molar-refractivity contribution in [2.45, 2.75) is 24.8 Å². The summed E-state index contributed by atoms with van der Waals surface area (Å²) < 4.78 is 26.5. The second-order valence-corrected chi connectivity index (χ2v) is 6.46. The van der Waals surface area contributed by atoms with Gasteiger partial charge in [-0.15, -0.1) is 0 Å². The number of pyridine rings is 1. The molecule has 3 rings (SSSR count). The van der Waals surface area contributed by atoms with E-state index in [0.717, 1.165) is 11.3 Å². The average molecular weight is 278 g/mol. The lowest BCUT2D eigenvalue weighted by Crippen LogP contribution is -2.36. The zero-order chi connectivity index (χ0) is 13.5. The van der Waals surface area contributed by atoms with Crippen molar-refractivity contribution in [1.29, 1.82) is 0 Å². The molecule has 2 aromatic heterocycles. The lowest BCUT2D eigenvalue weighted by molar-refractivity contribution is 0.387. The number of rotatable bonds is 2. The topological polar surface area (TPSA) is 79.0 Å². The molecular formula is C12H14N4O2S. The Morgan fingerprint density at radius 3 is 3.00 bits per heavy atom. The number of aromatic nitrogens is 3. The molecule has 1 aliphatic heterocycles. The zero-order valence-electron chi connectivity index (χ0n) is 10.5. The number of nitrogens with zero attached hydrogens (tertiary/aromatic N) is 3. The summed E-state index contributed by atoms with van der Waals surface area (Å²) in [6.07, 6.45) is 3.75. The highest BCUT2D eigenvalue weighted by atomic mass is 32.2. The number of aromatic amines is 1. The second kappa shape index (κ2) is 4.43. The van der Waals surface area contributed by atoms with Gasteiger partial charge in [0, 0.05) is 31.4 Å². The van der Waals surface area contributed by atoms with Gasteiger partial charge in [0.2, 0.25) is 10.0 Å². The first-order valence-corrected chi connectivity index (χ1v) is 7.46. The molecule has 0 amide bonds. The monoisotopic (exact) mass is 278 g/mol. The molecule has 0 radical (unpaired) electrons. The number of fused-ring (bicyclic) bond motifs is 1.